The van der Waals surface area contributed by atoms with Gasteiger partial charge >= 0.3 is 6.18 Å². The van der Waals surface area contributed by atoms with Crippen LogP contribution in [0.1, 0.15) is 33.5 Å². The quantitative estimate of drug-likeness (QED) is 0.393. The topological polar surface area (TPSA) is 50.7 Å². The van der Waals surface area contributed by atoms with Crippen molar-refractivity contribution in [3.05, 3.63) is 80.8 Å². The van der Waals surface area contributed by atoms with Gasteiger partial charge in [0.2, 0.25) is 0 Å². The molecule has 0 radical (unpaired) electrons. The zero-order valence-electron chi connectivity index (χ0n) is 18.4. The first-order chi connectivity index (χ1) is 16.6. The van der Waals surface area contributed by atoms with E-state index in [0.717, 1.165) is 11.5 Å². The summed E-state index contributed by atoms with van der Waals surface area (Å²) in [6.07, 6.45) is -5.36. The summed E-state index contributed by atoms with van der Waals surface area (Å²) in [5, 5.41) is 8.33. The average Bonchev–Trinajstić information content (AvgIpc) is 3.22. The number of carbonyl (C=O) groups is 1. The van der Waals surface area contributed by atoms with Gasteiger partial charge in [0, 0.05) is 45.1 Å². The highest BCUT2D eigenvalue weighted by atomic mass is 35.5. The van der Waals surface area contributed by atoms with Gasteiger partial charge in [-0.15, -0.1) is 0 Å². The van der Waals surface area contributed by atoms with E-state index in [2.05, 4.69) is 10.5 Å². The second-order valence-corrected chi connectivity index (χ2v) is 10.6. The molecule has 0 spiro atoms. The van der Waals surface area contributed by atoms with E-state index in [4.69, 9.17) is 28.0 Å². The zero-order chi connectivity index (χ0) is 25.0. The molecule has 0 bridgehead atoms. The summed E-state index contributed by atoms with van der Waals surface area (Å²) >= 11 is 13.8. The summed E-state index contributed by atoms with van der Waals surface area (Å²) in [5.74, 6) is 1.53. The summed E-state index contributed by atoms with van der Waals surface area (Å²) < 4.78 is 43.3. The Morgan fingerprint density at radius 2 is 1.77 bits per heavy atom. The number of halogens is 5. The first kappa shape index (κ1) is 24.3. The standard InChI is InChI=1S/C25H19Cl2F3N2O2S/c1-13-6-20(18-4-2-3-5-19(18)22(13)23(33)31-17-11-35-12-17)21-10-24(34-32-21,25(28,29)30)14-7-15(26)9-16(27)8-14/h2-9,17H,10-12H2,1H3,(H,31,33). The molecule has 1 N–H and O–H groups in total. The highest BCUT2D eigenvalue weighted by molar-refractivity contribution is 8.00. The van der Waals surface area contributed by atoms with E-state index in [9.17, 15) is 18.0 Å². The molecule has 4 nitrogen and oxygen atoms in total. The third-order valence-corrected chi connectivity index (χ3v) is 7.98. The maximum atomic E-state index is 14.4. The lowest BCUT2D eigenvalue weighted by atomic mass is 9.84. The molecule has 10 heteroatoms. The molecule has 0 aromatic heterocycles. The zero-order valence-corrected chi connectivity index (χ0v) is 20.7. The molecule has 0 aliphatic carbocycles. The molecule has 1 atom stereocenters. The smallest absolute Gasteiger partial charge is 0.374 e. The molecule has 3 aromatic carbocycles. The van der Waals surface area contributed by atoms with Gasteiger partial charge in [-0.25, -0.2) is 0 Å². The lowest BCUT2D eigenvalue weighted by Crippen LogP contribution is -2.44. The Morgan fingerprint density at radius 3 is 2.37 bits per heavy atom. The van der Waals surface area contributed by atoms with Crippen molar-refractivity contribution in [2.75, 3.05) is 11.5 Å². The minimum atomic E-state index is -4.79. The SMILES string of the molecule is Cc1cc(C2=NOC(c3cc(Cl)cc(Cl)c3)(C(F)(F)F)C2)c2ccccc2c1C(=O)NC1CSC1. The summed E-state index contributed by atoms with van der Waals surface area (Å²) in [4.78, 5) is 18.2. The van der Waals surface area contributed by atoms with Gasteiger partial charge in [-0.3, -0.25) is 4.79 Å². The van der Waals surface area contributed by atoms with Crippen molar-refractivity contribution in [1.82, 2.24) is 5.32 Å². The van der Waals surface area contributed by atoms with Crippen LogP contribution in [0.25, 0.3) is 10.8 Å². The van der Waals surface area contributed by atoms with Gasteiger partial charge in [-0.1, -0.05) is 52.6 Å². The van der Waals surface area contributed by atoms with Gasteiger partial charge in [-0.05, 0) is 47.5 Å². The second-order valence-electron chi connectivity index (χ2n) is 8.66. The number of carbonyl (C=O) groups excluding carboxylic acids is 1. The van der Waals surface area contributed by atoms with Crippen molar-refractivity contribution in [3.8, 4) is 0 Å². The number of fused-ring (bicyclic) bond motifs is 1. The molecule has 5 rings (SSSR count). The monoisotopic (exact) mass is 538 g/mol. The van der Waals surface area contributed by atoms with Crippen LogP contribution in [0.2, 0.25) is 10.0 Å². The molecule has 35 heavy (non-hydrogen) atoms. The van der Waals surface area contributed by atoms with E-state index in [1.165, 1.54) is 18.2 Å². The molecule has 2 heterocycles. The Hall–Kier alpha value is -2.42. The van der Waals surface area contributed by atoms with Crippen molar-refractivity contribution in [2.24, 2.45) is 5.16 Å². The first-order valence-electron chi connectivity index (χ1n) is 10.8. The van der Waals surface area contributed by atoms with Crippen LogP contribution in [-0.4, -0.2) is 35.3 Å². The molecular weight excluding hydrogens is 520 g/mol. The number of aryl methyl sites for hydroxylation is 1. The van der Waals surface area contributed by atoms with Gasteiger partial charge in [0.25, 0.3) is 11.5 Å². The molecule has 2 aliphatic heterocycles. The number of amides is 1. The van der Waals surface area contributed by atoms with Crippen LogP contribution in [0.3, 0.4) is 0 Å². The summed E-state index contributed by atoms with van der Waals surface area (Å²) in [6.45, 7) is 1.77. The second kappa shape index (κ2) is 8.91. The third-order valence-electron chi connectivity index (χ3n) is 6.27. The van der Waals surface area contributed by atoms with E-state index in [-0.39, 0.29) is 33.3 Å². The van der Waals surface area contributed by atoms with Crippen molar-refractivity contribution >= 4 is 57.4 Å². The number of benzene rings is 3. The molecule has 3 aromatic rings. The number of nitrogens with one attached hydrogen (secondary N) is 1. The summed E-state index contributed by atoms with van der Waals surface area (Å²) in [5.41, 5.74) is -1.21. The molecule has 1 amide bonds. The molecule has 1 fully saturated rings. The lowest BCUT2D eigenvalue weighted by Gasteiger charge is -2.29. The number of thioether (sulfide) groups is 1. The van der Waals surface area contributed by atoms with E-state index < -0.39 is 18.2 Å². The van der Waals surface area contributed by atoms with Gasteiger partial charge < -0.3 is 10.2 Å². The number of oxime groups is 1. The molecule has 2 aliphatic rings. The number of hydrogen-bond acceptors (Lipinski definition) is 4. The van der Waals surface area contributed by atoms with Crippen LogP contribution in [0, 0.1) is 6.92 Å². The van der Waals surface area contributed by atoms with E-state index in [1.807, 2.05) is 0 Å². The normalized spacial score (nSPS) is 20.3. The maximum absolute atomic E-state index is 14.4. The van der Waals surface area contributed by atoms with Crippen molar-refractivity contribution in [1.29, 1.82) is 0 Å². The van der Waals surface area contributed by atoms with Gasteiger partial charge in [-0.2, -0.15) is 24.9 Å². The predicted molar refractivity (Wildman–Crippen MR) is 134 cm³/mol. The average molecular weight is 539 g/mol. The molecule has 1 saturated heterocycles. The summed E-state index contributed by atoms with van der Waals surface area (Å²) in [7, 11) is 0. The molecular formula is C25H19Cl2F3N2O2S. The van der Waals surface area contributed by atoms with Gasteiger partial charge in [0.15, 0.2) is 0 Å². The van der Waals surface area contributed by atoms with E-state index in [0.29, 0.717) is 27.5 Å². The Kier molecular flexibility index (Phi) is 6.18. The predicted octanol–water partition coefficient (Wildman–Crippen LogP) is 6.88. The maximum Gasteiger partial charge on any atom is 0.435 e. The first-order valence-corrected chi connectivity index (χ1v) is 12.7. The van der Waals surface area contributed by atoms with Crippen LogP contribution in [-0.2, 0) is 10.4 Å². The minimum Gasteiger partial charge on any atom is -0.374 e. The minimum absolute atomic E-state index is 0.0645. The fraction of sp³-hybridized carbons (Fsp3) is 0.280. The number of rotatable bonds is 4. The van der Waals surface area contributed by atoms with Crippen LogP contribution in [0.4, 0.5) is 13.2 Å². The highest BCUT2D eigenvalue weighted by Gasteiger charge is 2.62. The fourth-order valence-corrected chi connectivity index (χ4v) is 5.63. The Balaban J connectivity index is 1.58. The molecule has 182 valence electrons. The number of hydrogen-bond donors (Lipinski definition) is 1. The number of nitrogens with zero attached hydrogens (tertiary/aromatic N) is 1. The van der Waals surface area contributed by atoms with Crippen LogP contribution >= 0.6 is 35.0 Å². The van der Waals surface area contributed by atoms with E-state index in [1.54, 1.807) is 49.0 Å². The summed E-state index contributed by atoms with van der Waals surface area (Å²) in [6, 6.07) is 12.7. The third kappa shape index (κ3) is 4.26. The Morgan fingerprint density at radius 1 is 1.11 bits per heavy atom. The van der Waals surface area contributed by atoms with Crippen molar-refractivity contribution in [3.63, 3.8) is 0 Å². The Bertz CT molecular complexity index is 1350. The van der Waals surface area contributed by atoms with Crippen molar-refractivity contribution in [2.45, 2.75) is 31.2 Å². The fourth-order valence-electron chi connectivity index (χ4n) is 4.47. The van der Waals surface area contributed by atoms with Gasteiger partial charge in [0.05, 0.1) is 11.3 Å². The molecule has 1 unspecified atom stereocenters. The van der Waals surface area contributed by atoms with Crippen molar-refractivity contribution < 1.29 is 22.8 Å². The van der Waals surface area contributed by atoms with E-state index >= 15 is 0 Å². The van der Waals surface area contributed by atoms with Gasteiger partial charge in [0.1, 0.15) is 0 Å². The molecule has 0 saturated carbocycles. The van der Waals surface area contributed by atoms with Crippen LogP contribution < -0.4 is 5.32 Å². The van der Waals surface area contributed by atoms with Crippen LogP contribution in [0.15, 0.2) is 53.7 Å². The van der Waals surface area contributed by atoms with Crippen LogP contribution in [0.5, 0.6) is 0 Å². The largest absolute Gasteiger partial charge is 0.435 e. The lowest BCUT2D eigenvalue weighted by molar-refractivity contribution is -0.275. The Labute approximate surface area is 213 Å². The highest BCUT2D eigenvalue weighted by Crippen LogP contribution is 2.50. The number of alkyl halides is 3.